The molecule has 2 heteroatoms. The summed E-state index contributed by atoms with van der Waals surface area (Å²) in [6.45, 7) is 0.898. The zero-order valence-electron chi connectivity index (χ0n) is 9.31. The molecule has 2 aromatic carbocycles. The van der Waals surface area contributed by atoms with Crippen LogP contribution in [0.3, 0.4) is 0 Å². The largest absolute Gasteiger partial charge is 0.343 e. The molecule has 0 saturated carbocycles. The van der Waals surface area contributed by atoms with Crippen LogP contribution in [0, 0.1) is 0 Å². The highest BCUT2D eigenvalue weighted by molar-refractivity contribution is 9.10. The molecule has 0 aliphatic carbocycles. The third-order valence-electron chi connectivity index (χ3n) is 2.98. The van der Waals surface area contributed by atoms with Crippen molar-refractivity contribution in [3.63, 3.8) is 0 Å². The van der Waals surface area contributed by atoms with E-state index in [0.717, 1.165) is 11.0 Å². The van der Waals surface area contributed by atoms with Crippen LogP contribution in [-0.2, 0) is 6.54 Å². The van der Waals surface area contributed by atoms with E-state index in [2.05, 4.69) is 75.2 Å². The number of nitrogens with zero attached hydrogens (tertiary/aromatic N) is 1. The summed E-state index contributed by atoms with van der Waals surface area (Å²) in [7, 11) is 0. The van der Waals surface area contributed by atoms with Gasteiger partial charge in [0.1, 0.15) is 0 Å². The van der Waals surface area contributed by atoms with Gasteiger partial charge in [0.15, 0.2) is 0 Å². The molecule has 0 spiro atoms. The van der Waals surface area contributed by atoms with Crippen molar-refractivity contribution in [2.45, 2.75) is 6.54 Å². The summed E-state index contributed by atoms with van der Waals surface area (Å²) in [6.07, 6.45) is 2.14. The van der Waals surface area contributed by atoms with E-state index in [-0.39, 0.29) is 0 Å². The summed E-state index contributed by atoms with van der Waals surface area (Å²) < 4.78 is 3.44. The molecule has 84 valence electrons. The minimum Gasteiger partial charge on any atom is -0.343 e. The summed E-state index contributed by atoms with van der Waals surface area (Å²) in [4.78, 5) is 0. The van der Waals surface area contributed by atoms with Gasteiger partial charge in [-0.25, -0.2) is 0 Å². The van der Waals surface area contributed by atoms with Crippen molar-refractivity contribution in [1.29, 1.82) is 0 Å². The van der Waals surface area contributed by atoms with Crippen molar-refractivity contribution in [3.05, 3.63) is 70.8 Å². The molecular weight excluding hydrogens is 274 g/mol. The molecule has 0 fully saturated rings. The highest BCUT2D eigenvalue weighted by atomic mass is 79.9. The molecule has 0 amide bonds. The van der Waals surface area contributed by atoms with Crippen LogP contribution in [0.15, 0.2) is 65.3 Å². The Kier molecular flexibility index (Phi) is 2.73. The Labute approximate surface area is 109 Å². The van der Waals surface area contributed by atoms with Crippen LogP contribution < -0.4 is 0 Å². The number of halogens is 1. The molecule has 1 heterocycles. The average molecular weight is 286 g/mol. The van der Waals surface area contributed by atoms with Crippen LogP contribution in [-0.4, -0.2) is 4.57 Å². The first-order valence-corrected chi connectivity index (χ1v) is 6.41. The summed E-state index contributed by atoms with van der Waals surface area (Å²) in [5.41, 5.74) is 2.58. The molecule has 1 nitrogen and oxygen atoms in total. The van der Waals surface area contributed by atoms with E-state index in [9.17, 15) is 0 Å². The third kappa shape index (κ3) is 2.01. The zero-order chi connectivity index (χ0) is 11.7. The van der Waals surface area contributed by atoms with Crippen LogP contribution in [0.5, 0.6) is 0 Å². The van der Waals surface area contributed by atoms with E-state index in [1.807, 2.05) is 6.07 Å². The van der Waals surface area contributed by atoms with Crippen molar-refractivity contribution in [3.8, 4) is 0 Å². The van der Waals surface area contributed by atoms with Gasteiger partial charge < -0.3 is 4.57 Å². The van der Waals surface area contributed by atoms with Gasteiger partial charge in [0.2, 0.25) is 0 Å². The number of aromatic nitrogens is 1. The number of fused-ring (bicyclic) bond motifs is 1. The lowest BCUT2D eigenvalue weighted by atomic mass is 10.2. The van der Waals surface area contributed by atoms with Crippen molar-refractivity contribution in [2.24, 2.45) is 0 Å². The Morgan fingerprint density at radius 3 is 2.53 bits per heavy atom. The van der Waals surface area contributed by atoms with Gasteiger partial charge in [-0.3, -0.25) is 0 Å². The maximum absolute atomic E-state index is 3.59. The predicted molar refractivity (Wildman–Crippen MR) is 75.2 cm³/mol. The third-order valence-corrected chi connectivity index (χ3v) is 3.75. The van der Waals surface area contributed by atoms with Gasteiger partial charge in [-0.1, -0.05) is 52.3 Å². The topological polar surface area (TPSA) is 4.93 Å². The Morgan fingerprint density at radius 1 is 0.882 bits per heavy atom. The quantitative estimate of drug-likeness (QED) is 0.656. The smallest absolute Gasteiger partial charge is 0.0487 e. The Morgan fingerprint density at radius 2 is 1.65 bits per heavy atom. The van der Waals surface area contributed by atoms with Crippen molar-refractivity contribution >= 4 is 26.8 Å². The maximum atomic E-state index is 3.59. The Bertz CT molecular complexity index is 655. The average Bonchev–Trinajstić information content (AvgIpc) is 2.76. The highest BCUT2D eigenvalue weighted by Crippen LogP contribution is 2.21. The number of benzene rings is 2. The van der Waals surface area contributed by atoms with Crippen molar-refractivity contribution < 1.29 is 0 Å². The van der Waals surface area contributed by atoms with Gasteiger partial charge in [0.05, 0.1) is 0 Å². The molecule has 0 aliphatic heterocycles. The van der Waals surface area contributed by atoms with E-state index in [4.69, 9.17) is 0 Å². The molecule has 0 N–H and O–H groups in total. The molecule has 0 saturated heterocycles. The van der Waals surface area contributed by atoms with Gasteiger partial charge in [-0.15, -0.1) is 0 Å². The molecule has 17 heavy (non-hydrogen) atoms. The normalized spacial score (nSPS) is 10.9. The molecule has 3 rings (SSSR count). The molecule has 0 unspecified atom stereocenters. The molecule has 0 radical (unpaired) electrons. The van der Waals surface area contributed by atoms with Gasteiger partial charge in [0.25, 0.3) is 0 Å². The number of hydrogen-bond donors (Lipinski definition) is 0. The summed E-state index contributed by atoms with van der Waals surface area (Å²) in [6, 6.07) is 19.0. The molecule has 0 bridgehead atoms. The van der Waals surface area contributed by atoms with E-state index in [1.165, 1.54) is 16.5 Å². The number of hydrogen-bond acceptors (Lipinski definition) is 0. The molecule has 3 aromatic rings. The van der Waals surface area contributed by atoms with Crippen LogP contribution in [0.1, 0.15) is 5.56 Å². The Balaban J connectivity index is 2.03. The summed E-state index contributed by atoms with van der Waals surface area (Å²) in [5, 5.41) is 1.29. The van der Waals surface area contributed by atoms with E-state index in [0.29, 0.717) is 0 Å². The number of rotatable bonds is 2. The lowest BCUT2D eigenvalue weighted by Gasteiger charge is -2.07. The second-order valence-corrected chi connectivity index (χ2v) is 4.95. The van der Waals surface area contributed by atoms with Gasteiger partial charge >= 0.3 is 0 Å². The second-order valence-electron chi connectivity index (χ2n) is 4.09. The van der Waals surface area contributed by atoms with E-state index in [1.54, 1.807) is 0 Å². The monoisotopic (exact) mass is 285 g/mol. The maximum Gasteiger partial charge on any atom is 0.0487 e. The van der Waals surface area contributed by atoms with Crippen molar-refractivity contribution in [1.82, 2.24) is 4.57 Å². The second kappa shape index (κ2) is 4.38. The van der Waals surface area contributed by atoms with Crippen LogP contribution >= 0.6 is 15.9 Å². The highest BCUT2D eigenvalue weighted by Gasteiger charge is 2.03. The van der Waals surface area contributed by atoms with Gasteiger partial charge in [-0.05, 0) is 29.1 Å². The van der Waals surface area contributed by atoms with E-state index < -0.39 is 0 Å². The zero-order valence-corrected chi connectivity index (χ0v) is 10.9. The minimum atomic E-state index is 0.898. The molecule has 0 aliphatic rings. The lowest BCUT2D eigenvalue weighted by molar-refractivity contribution is 0.833. The molecular formula is C15H12BrN. The lowest BCUT2D eigenvalue weighted by Crippen LogP contribution is -1.98. The SMILES string of the molecule is Brc1ccccc1Cn1ccc2ccccc21. The first kappa shape index (κ1) is 10.6. The fraction of sp³-hybridized carbons (Fsp3) is 0.0667. The molecule has 1 aromatic heterocycles. The van der Waals surface area contributed by atoms with Gasteiger partial charge in [0, 0.05) is 22.7 Å². The number of para-hydroxylation sites is 1. The minimum absolute atomic E-state index is 0.898. The van der Waals surface area contributed by atoms with Crippen LogP contribution in [0.2, 0.25) is 0 Å². The fourth-order valence-corrected chi connectivity index (χ4v) is 2.50. The van der Waals surface area contributed by atoms with Crippen LogP contribution in [0.25, 0.3) is 10.9 Å². The first-order chi connectivity index (χ1) is 8.34. The van der Waals surface area contributed by atoms with Gasteiger partial charge in [-0.2, -0.15) is 0 Å². The van der Waals surface area contributed by atoms with E-state index >= 15 is 0 Å². The fourth-order valence-electron chi connectivity index (χ4n) is 2.09. The summed E-state index contributed by atoms with van der Waals surface area (Å²) >= 11 is 3.59. The first-order valence-electron chi connectivity index (χ1n) is 5.62. The van der Waals surface area contributed by atoms with Crippen molar-refractivity contribution in [2.75, 3.05) is 0 Å². The standard InChI is InChI=1S/C15H12BrN/c16-14-7-3-1-6-13(14)11-17-10-9-12-5-2-4-8-15(12)17/h1-10H,11H2. The van der Waals surface area contributed by atoms with Crippen LogP contribution in [0.4, 0.5) is 0 Å². The predicted octanol–water partition coefficient (Wildman–Crippen LogP) is 4.45. The Hall–Kier alpha value is -1.54. The summed E-state index contributed by atoms with van der Waals surface area (Å²) in [5.74, 6) is 0. The molecule has 0 atom stereocenters.